The SMILES string of the molecule is CC(=O)N[C@H](CC(C)C)c1nnc2n1CCN(C/C(C)=C/c1ccco1)CC2. The van der Waals surface area contributed by atoms with Crippen molar-refractivity contribution in [2.24, 2.45) is 5.92 Å². The predicted molar refractivity (Wildman–Crippen MR) is 109 cm³/mol. The standard InChI is InChI=1S/C21H31N5O2/c1-15(2)12-19(22-17(4)27)21-24-23-20-7-8-25(9-10-26(20)21)14-16(3)13-18-6-5-11-28-18/h5-6,11,13,15,19H,7-10,12,14H2,1-4H3,(H,22,27)/b16-13+/t19-/m1/s1. The minimum atomic E-state index is -0.0918. The number of nitrogens with one attached hydrogen (secondary N) is 1. The van der Waals surface area contributed by atoms with Gasteiger partial charge in [-0.15, -0.1) is 10.2 Å². The highest BCUT2D eigenvalue weighted by Crippen LogP contribution is 2.22. The number of rotatable bonds is 7. The summed E-state index contributed by atoms with van der Waals surface area (Å²) in [5.74, 6) is 3.20. The highest BCUT2D eigenvalue weighted by Gasteiger charge is 2.25. The van der Waals surface area contributed by atoms with Gasteiger partial charge in [-0.05, 0) is 37.5 Å². The molecule has 0 saturated carbocycles. The molecule has 1 aliphatic rings. The molecule has 1 amide bonds. The molecule has 0 bridgehead atoms. The van der Waals surface area contributed by atoms with Crippen molar-refractivity contribution in [3.63, 3.8) is 0 Å². The largest absolute Gasteiger partial charge is 0.465 e. The fourth-order valence-electron chi connectivity index (χ4n) is 3.77. The lowest BCUT2D eigenvalue weighted by molar-refractivity contribution is -0.119. The van der Waals surface area contributed by atoms with E-state index in [1.807, 2.05) is 12.1 Å². The molecule has 0 spiro atoms. The van der Waals surface area contributed by atoms with Gasteiger partial charge in [0.2, 0.25) is 5.91 Å². The third-order valence-corrected chi connectivity index (χ3v) is 4.95. The lowest BCUT2D eigenvalue weighted by Gasteiger charge is -2.22. The van der Waals surface area contributed by atoms with Crippen LogP contribution in [-0.4, -0.2) is 45.2 Å². The van der Waals surface area contributed by atoms with Crippen LogP contribution >= 0.6 is 0 Å². The summed E-state index contributed by atoms with van der Waals surface area (Å²) in [6, 6.07) is 3.78. The van der Waals surface area contributed by atoms with Crippen molar-refractivity contribution in [2.45, 2.75) is 53.1 Å². The Labute approximate surface area is 166 Å². The number of furan rings is 1. The maximum absolute atomic E-state index is 11.7. The first-order chi connectivity index (χ1) is 13.4. The molecule has 2 aromatic rings. The molecule has 7 heteroatoms. The summed E-state index contributed by atoms with van der Waals surface area (Å²) < 4.78 is 7.61. The van der Waals surface area contributed by atoms with Gasteiger partial charge in [0.1, 0.15) is 11.6 Å². The van der Waals surface area contributed by atoms with Gasteiger partial charge in [-0.1, -0.05) is 19.4 Å². The van der Waals surface area contributed by atoms with E-state index in [0.717, 1.165) is 56.4 Å². The van der Waals surface area contributed by atoms with E-state index in [1.165, 1.54) is 5.57 Å². The van der Waals surface area contributed by atoms with Gasteiger partial charge in [-0.2, -0.15) is 0 Å². The zero-order valence-electron chi connectivity index (χ0n) is 17.3. The van der Waals surface area contributed by atoms with Crippen LogP contribution in [0.4, 0.5) is 0 Å². The van der Waals surface area contributed by atoms with E-state index < -0.39 is 0 Å². The maximum atomic E-state index is 11.7. The fraction of sp³-hybridized carbons (Fsp3) is 0.571. The zero-order chi connectivity index (χ0) is 20.1. The summed E-state index contributed by atoms with van der Waals surface area (Å²) in [4.78, 5) is 14.1. The van der Waals surface area contributed by atoms with Crippen LogP contribution in [0.2, 0.25) is 0 Å². The van der Waals surface area contributed by atoms with E-state index >= 15 is 0 Å². The van der Waals surface area contributed by atoms with Crippen molar-refractivity contribution in [1.29, 1.82) is 0 Å². The van der Waals surface area contributed by atoms with E-state index in [2.05, 4.69) is 51.8 Å². The summed E-state index contributed by atoms with van der Waals surface area (Å²) in [7, 11) is 0. The first-order valence-electron chi connectivity index (χ1n) is 10.0. The van der Waals surface area contributed by atoms with Crippen LogP contribution < -0.4 is 5.32 Å². The van der Waals surface area contributed by atoms with E-state index in [-0.39, 0.29) is 11.9 Å². The van der Waals surface area contributed by atoms with E-state index in [1.54, 1.807) is 13.2 Å². The van der Waals surface area contributed by atoms with E-state index in [4.69, 9.17) is 4.42 Å². The molecular weight excluding hydrogens is 354 g/mol. The van der Waals surface area contributed by atoms with Crippen LogP contribution in [0.25, 0.3) is 6.08 Å². The molecule has 28 heavy (non-hydrogen) atoms. The molecule has 3 heterocycles. The molecule has 7 nitrogen and oxygen atoms in total. The van der Waals surface area contributed by atoms with Crippen LogP contribution in [0.3, 0.4) is 0 Å². The monoisotopic (exact) mass is 385 g/mol. The number of carbonyl (C=O) groups excluding carboxylic acids is 1. The number of nitrogens with zero attached hydrogens (tertiary/aromatic N) is 4. The minimum absolute atomic E-state index is 0.0306. The van der Waals surface area contributed by atoms with Gasteiger partial charge in [0.25, 0.3) is 0 Å². The first-order valence-corrected chi connectivity index (χ1v) is 10.0. The van der Waals surface area contributed by atoms with Crippen molar-refractivity contribution < 1.29 is 9.21 Å². The molecule has 1 aliphatic heterocycles. The average Bonchev–Trinajstić information content (AvgIpc) is 3.21. The molecule has 0 saturated heterocycles. The number of carbonyl (C=O) groups is 1. The van der Waals surface area contributed by atoms with Gasteiger partial charge < -0.3 is 14.3 Å². The van der Waals surface area contributed by atoms with Crippen LogP contribution in [0.1, 0.15) is 57.6 Å². The molecule has 0 aliphatic carbocycles. The molecule has 0 radical (unpaired) electrons. The average molecular weight is 386 g/mol. The van der Waals surface area contributed by atoms with E-state index in [0.29, 0.717) is 5.92 Å². The van der Waals surface area contributed by atoms with Crippen LogP contribution in [0, 0.1) is 5.92 Å². The summed E-state index contributed by atoms with van der Waals surface area (Å²) in [5, 5.41) is 11.9. The third-order valence-electron chi connectivity index (χ3n) is 4.95. The topological polar surface area (TPSA) is 76.2 Å². The Morgan fingerprint density at radius 1 is 1.29 bits per heavy atom. The lowest BCUT2D eigenvalue weighted by Crippen LogP contribution is -2.31. The molecule has 2 aromatic heterocycles. The lowest BCUT2D eigenvalue weighted by atomic mass is 10.0. The Balaban J connectivity index is 1.69. The smallest absolute Gasteiger partial charge is 0.217 e. The normalized spacial score (nSPS) is 16.7. The molecule has 0 aromatic carbocycles. The van der Waals surface area contributed by atoms with Crippen LogP contribution in [0.5, 0.6) is 0 Å². The number of aromatic nitrogens is 3. The first kappa shape index (κ1) is 20.3. The van der Waals surface area contributed by atoms with Crippen molar-refractivity contribution in [1.82, 2.24) is 25.0 Å². The summed E-state index contributed by atoms with van der Waals surface area (Å²) >= 11 is 0. The van der Waals surface area contributed by atoms with Crippen molar-refractivity contribution in [3.05, 3.63) is 41.4 Å². The molecule has 3 rings (SSSR count). The molecule has 0 unspecified atom stereocenters. The Morgan fingerprint density at radius 2 is 2.11 bits per heavy atom. The second kappa shape index (κ2) is 9.19. The highest BCUT2D eigenvalue weighted by molar-refractivity contribution is 5.73. The zero-order valence-corrected chi connectivity index (χ0v) is 17.3. The number of amides is 1. The second-order valence-electron chi connectivity index (χ2n) is 8.04. The molecule has 1 N–H and O–H groups in total. The molecular formula is C21H31N5O2. The quantitative estimate of drug-likeness (QED) is 0.793. The summed E-state index contributed by atoms with van der Waals surface area (Å²) in [6.45, 7) is 11.6. The summed E-state index contributed by atoms with van der Waals surface area (Å²) in [5.41, 5.74) is 1.27. The number of hydrogen-bond donors (Lipinski definition) is 1. The van der Waals surface area contributed by atoms with Crippen LogP contribution in [-0.2, 0) is 17.8 Å². The Kier molecular flexibility index (Phi) is 6.67. The van der Waals surface area contributed by atoms with Gasteiger partial charge >= 0.3 is 0 Å². The van der Waals surface area contributed by atoms with Crippen molar-refractivity contribution in [3.8, 4) is 0 Å². The number of hydrogen-bond acceptors (Lipinski definition) is 5. The third kappa shape index (κ3) is 5.32. The van der Waals surface area contributed by atoms with Gasteiger partial charge in [-0.3, -0.25) is 9.69 Å². The van der Waals surface area contributed by atoms with Gasteiger partial charge in [-0.25, -0.2) is 0 Å². The Hall–Kier alpha value is -2.41. The second-order valence-corrected chi connectivity index (χ2v) is 8.04. The highest BCUT2D eigenvalue weighted by atomic mass is 16.3. The van der Waals surface area contributed by atoms with Crippen molar-refractivity contribution >= 4 is 12.0 Å². The molecule has 0 fully saturated rings. The minimum Gasteiger partial charge on any atom is -0.465 e. The maximum Gasteiger partial charge on any atom is 0.217 e. The predicted octanol–water partition coefficient (Wildman–Crippen LogP) is 3.06. The van der Waals surface area contributed by atoms with E-state index in [9.17, 15) is 4.79 Å². The summed E-state index contributed by atoms with van der Waals surface area (Å²) in [6.07, 6.45) is 5.50. The van der Waals surface area contributed by atoms with Gasteiger partial charge in [0, 0.05) is 39.5 Å². The Bertz CT molecular complexity index is 807. The number of fused-ring (bicyclic) bond motifs is 1. The van der Waals surface area contributed by atoms with Crippen LogP contribution in [0.15, 0.2) is 28.4 Å². The van der Waals surface area contributed by atoms with Gasteiger partial charge in [0.15, 0.2) is 5.82 Å². The molecule has 152 valence electrons. The fourth-order valence-corrected chi connectivity index (χ4v) is 3.77. The van der Waals surface area contributed by atoms with Gasteiger partial charge in [0.05, 0.1) is 12.3 Å². The van der Waals surface area contributed by atoms with Crippen molar-refractivity contribution in [2.75, 3.05) is 19.6 Å². The molecule has 1 atom stereocenters. The Morgan fingerprint density at radius 3 is 2.79 bits per heavy atom.